The Bertz CT molecular complexity index is 438. The van der Waals surface area contributed by atoms with Crippen LogP contribution in [0.3, 0.4) is 0 Å². The molecular weight excluding hydrogens is 320 g/mol. The van der Waals surface area contributed by atoms with Gasteiger partial charge in [0.15, 0.2) is 0 Å². The fraction of sp³-hybridized carbons (Fsp3) is 0.875. The van der Waals surface area contributed by atoms with Crippen molar-refractivity contribution in [3.8, 4) is 0 Å². The van der Waals surface area contributed by atoms with Gasteiger partial charge in [-0.1, -0.05) is 0 Å². The third-order valence-electron chi connectivity index (χ3n) is 4.52. The van der Waals surface area contributed by atoms with Gasteiger partial charge in [0.05, 0.1) is 12.0 Å². The van der Waals surface area contributed by atoms with E-state index in [1.54, 1.807) is 4.90 Å². The number of nitrogens with one attached hydrogen (secondary N) is 1. The zero-order valence-corrected chi connectivity index (χ0v) is 15.3. The Morgan fingerprint density at radius 2 is 2.00 bits per heavy atom. The highest BCUT2D eigenvalue weighted by Gasteiger charge is 2.51. The van der Waals surface area contributed by atoms with Crippen molar-refractivity contribution in [3.63, 3.8) is 0 Å². The number of amides is 1. The lowest BCUT2D eigenvalue weighted by Gasteiger charge is -2.30. The average molecular weight is 349 g/mol. The van der Waals surface area contributed by atoms with E-state index in [0.29, 0.717) is 32.7 Å². The normalized spacial score (nSPS) is 27.5. The second kappa shape index (κ2) is 7.71. The second-order valence-corrected chi connectivity index (χ2v) is 7.21. The first-order valence-electron chi connectivity index (χ1n) is 8.14. The van der Waals surface area contributed by atoms with Crippen LogP contribution in [0.5, 0.6) is 0 Å². The van der Waals surface area contributed by atoms with E-state index in [4.69, 9.17) is 9.47 Å². The molecule has 1 amide bonds. The van der Waals surface area contributed by atoms with Crippen molar-refractivity contribution in [2.45, 2.75) is 46.1 Å². The maximum Gasteiger partial charge on any atom is 0.410 e. The summed E-state index contributed by atoms with van der Waals surface area (Å²) in [4.78, 5) is 26.4. The molecule has 23 heavy (non-hydrogen) atoms. The predicted molar refractivity (Wildman–Crippen MR) is 89.7 cm³/mol. The lowest BCUT2D eigenvalue weighted by molar-refractivity contribution is -0.157. The molecule has 0 spiro atoms. The van der Waals surface area contributed by atoms with Gasteiger partial charge < -0.3 is 19.7 Å². The van der Waals surface area contributed by atoms with E-state index in [-0.39, 0.29) is 30.4 Å². The first-order chi connectivity index (χ1) is 10.3. The van der Waals surface area contributed by atoms with Crippen molar-refractivity contribution >= 4 is 24.5 Å². The summed E-state index contributed by atoms with van der Waals surface area (Å²) in [6.45, 7) is 10.4. The van der Waals surface area contributed by atoms with Crippen molar-refractivity contribution in [3.05, 3.63) is 0 Å². The van der Waals surface area contributed by atoms with Crippen LogP contribution < -0.4 is 5.32 Å². The second-order valence-electron chi connectivity index (χ2n) is 7.21. The first-order valence-corrected chi connectivity index (χ1v) is 8.14. The zero-order valence-electron chi connectivity index (χ0n) is 14.5. The molecule has 0 aromatic heterocycles. The van der Waals surface area contributed by atoms with Crippen molar-refractivity contribution in [2.24, 2.45) is 11.3 Å². The Morgan fingerprint density at radius 1 is 1.30 bits per heavy atom. The molecule has 0 saturated carbocycles. The molecule has 2 saturated heterocycles. The number of rotatable bonds is 2. The smallest absolute Gasteiger partial charge is 0.410 e. The molecule has 0 unspecified atom stereocenters. The summed E-state index contributed by atoms with van der Waals surface area (Å²) in [5.41, 5.74) is -0.994. The number of nitrogens with zero attached hydrogens (tertiary/aromatic N) is 1. The number of hydrogen-bond donors (Lipinski definition) is 1. The van der Waals surface area contributed by atoms with Gasteiger partial charge in [-0.3, -0.25) is 4.79 Å². The molecule has 2 fully saturated rings. The van der Waals surface area contributed by atoms with Crippen molar-refractivity contribution in [1.29, 1.82) is 0 Å². The monoisotopic (exact) mass is 348 g/mol. The molecule has 0 aromatic carbocycles. The highest BCUT2D eigenvalue weighted by atomic mass is 35.5. The maximum absolute atomic E-state index is 12.5. The lowest BCUT2D eigenvalue weighted by atomic mass is 9.74. The minimum Gasteiger partial charge on any atom is -0.466 e. The third kappa shape index (κ3) is 4.51. The summed E-state index contributed by atoms with van der Waals surface area (Å²) < 4.78 is 10.8. The highest BCUT2D eigenvalue weighted by molar-refractivity contribution is 5.85. The Morgan fingerprint density at radius 3 is 2.61 bits per heavy atom. The summed E-state index contributed by atoms with van der Waals surface area (Å²) in [5.74, 6) is 0.0926. The van der Waals surface area contributed by atoms with Gasteiger partial charge in [-0.15, -0.1) is 12.4 Å². The van der Waals surface area contributed by atoms with Gasteiger partial charge in [0.2, 0.25) is 0 Å². The number of carbonyl (C=O) groups is 2. The van der Waals surface area contributed by atoms with Gasteiger partial charge >= 0.3 is 12.1 Å². The van der Waals surface area contributed by atoms with Gasteiger partial charge in [0.25, 0.3) is 0 Å². The van der Waals surface area contributed by atoms with Crippen molar-refractivity contribution in [1.82, 2.24) is 10.2 Å². The summed E-state index contributed by atoms with van der Waals surface area (Å²) in [5, 5.41) is 3.32. The van der Waals surface area contributed by atoms with E-state index in [2.05, 4.69) is 5.32 Å². The molecule has 7 heteroatoms. The van der Waals surface area contributed by atoms with Crippen LogP contribution in [0.4, 0.5) is 4.79 Å². The Hall–Kier alpha value is -1.01. The minimum atomic E-state index is -0.500. The summed E-state index contributed by atoms with van der Waals surface area (Å²) >= 11 is 0. The van der Waals surface area contributed by atoms with Crippen LogP contribution in [0.25, 0.3) is 0 Å². The molecule has 0 aliphatic carbocycles. The van der Waals surface area contributed by atoms with Crippen molar-refractivity contribution in [2.75, 3.05) is 32.8 Å². The molecule has 6 nitrogen and oxygen atoms in total. The van der Waals surface area contributed by atoms with E-state index >= 15 is 0 Å². The molecule has 2 rings (SSSR count). The molecule has 0 bridgehead atoms. The molecule has 2 aliphatic heterocycles. The highest BCUT2D eigenvalue weighted by Crippen LogP contribution is 2.41. The zero-order chi connectivity index (χ0) is 16.4. The summed E-state index contributed by atoms with van der Waals surface area (Å²) in [6.07, 6.45) is 1.13. The molecule has 0 aromatic rings. The number of esters is 1. The number of likely N-dealkylation sites (tertiary alicyclic amines) is 1. The summed E-state index contributed by atoms with van der Waals surface area (Å²) in [7, 11) is 0. The third-order valence-corrected chi connectivity index (χ3v) is 4.52. The Balaban J connectivity index is 0.00000264. The van der Waals surface area contributed by atoms with Crippen LogP contribution in [0, 0.1) is 11.3 Å². The molecule has 2 aliphatic rings. The standard InChI is InChI=1S/C16H28N2O4.ClH/c1-5-21-13(19)16-7-9-18(14(20)22-15(2,3)4)8-6-12(16)10-17-11-16;/h12,17H,5-11H2,1-4H3;1H/t12-,16-;/m1./s1. The van der Waals surface area contributed by atoms with Crippen LogP contribution in [-0.4, -0.2) is 55.3 Å². The van der Waals surface area contributed by atoms with E-state index in [1.807, 2.05) is 27.7 Å². The molecule has 2 atom stereocenters. The van der Waals surface area contributed by atoms with Gasteiger partial charge in [-0.2, -0.15) is 0 Å². The predicted octanol–water partition coefficient (Wildman–Crippen LogP) is 2.21. The van der Waals surface area contributed by atoms with Crippen LogP contribution in [-0.2, 0) is 14.3 Å². The largest absolute Gasteiger partial charge is 0.466 e. The molecule has 1 N–H and O–H groups in total. The fourth-order valence-corrected chi connectivity index (χ4v) is 3.36. The van der Waals surface area contributed by atoms with Gasteiger partial charge in [-0.25, -0.2) is 4.79 Å². The maximum atomic E-state index is 12.5. The van der Waals surface area contributed by atoms with Gasteiger partial charge in [0.1, 0.15) is 5.60 Å². The number of halogens is 1. The van der Waals surface area contributed by atoms with E-state index in [0.717, 1.165) is 13.0 Å². The van der Waals surface area contributed by atoms with Crippen LogP contribution >= 0.6 is 12.4 Å². The molecular formula is C16H29ClN2O4. The SMILES string of the molecule is CCOC(=O)[C@@]12CCN(C(=O)OC(C)(C)C)CC[C@@H]1CNC2.Cl. The topological polar surface area (TPSA) is 67.9 Å². The minimum absolute atomic E-state index is 0. The number of hydrogen-bond acceptors (Lipinski definition) is 5. The molecule has 2 heterocycles. The quantitative estimate of drug-likeness (QED) is 0.775. The number of fused-ring (bicyclic) bond motifs is 1. The number of carbonyl (C=O) groups excluding carboxylic acids is 2. The molecule has 134 valence electrons. The molecule has 0 radical (unpaired) electrons. The van der Waals surface area contributed by atoms with Crippen LogP contribution in [0.1, 0.15) is 40.5 Å². The number of ether oxygens (including phenoxy) is 2. The summed E-state index contributed by atoms with van der Waals surface area (Å²) in [6, 6.07) is 0. The Labute approximate surface area is 144 Å². The van der Waals surface area contributed by atoms with Crippen LogP contribution in [0.15, 0.2) is 0 Å². The van der Waals surface area contributed by atoms with Crippen LogP contribution in [0.2, 0.25) is 0 Å². The Kier molecular flexibility index (Phi) is 6.71. The van der Waals surface area contributed by atoms with E-state index < -0.39 is 11.0 Å². The average Bonchev–Trinajstić information content (AvgIpc) is 2.72. The van der Waals surface area contributed by atoms with E-state index in [9.17, 15) is 9.59 Å². The van der Waals surface area contributed by atoms with Crippen molar-refractivity contribution < 1.29 is 19.1 Å². The van der Waals surface area contributed by atoms with Gasteiger partial charge in [-0.05, 0) is 53.0 Å². The first kappa shape index (κ1) is 20.0. The fourth-order valence-electron chi connectivity index (χ4n) is 3.36. The lowest BCUT2D eigenvalue weighted by Crippen LogP contribution is -2.41. The van der Waals surface area contributed by atoms with E-state index in [1.165, 1.54) is 0 Å². The van der Waals surface area contributed by atoms with Gasteiger partial charge in [0, 0.05) is 19.6 Å².